The number of aliphatic carboxylic acids is 1. The van der Waals surface area contributed by atoms with E-state index in [9.17, 15) is 14.7 Å². The van der Waals surface area contributed by atoms with Gasteiger partial charge in [0, 0.05) is 12.3 Å². The van der Waals surface area contributed by atoms with Gasteiger partial charge < -0.3 is 9.84 Å². The highest BCUT2D eigenvalue weighted by Gasteiger charge is 2.64. The number of hydrogen-bond acceptors (Lipinski definition) is 3. The highest BCUT2D eigenvalue weighted by Crippen LogP contribution is 2.72. The van der Waals surface area contributed by atoms with Crippen LogP contribution in [0.15, 0.2) is 22.8 Å². The molecular formula is C32H50O4. The largest absolute Gasteiger partial charge is 0.481 e. The van der Waals surface area contributed by atoms with Crippen LogP contribution in [-0.4, -0.2) is 23.1 Å². The van der Waals surface area contributed by atoms with Crippen molar-refractivity contribution in [2.45, 2.75) is 126 Å². The Kier molecular flexibility index (Phi) is 7.10. The minimum Gasteiger partial charge on any atom is -0.481 e. The zero-order chi connectivity index (χ0) is 26.7. The summed E-state index contributed by atoms with van der Waals surface area (Å²) in [6.45, 7) is 17.8. The molecule has 7 atom stereocenters. The summed E-state index contributed by atoms with van der Waals surface area (Å²) in [7, 11) is 0. The van der Waals surface area contributed by atoms with Crippen LogP contribution in [-0.2, 0) is 14.3 Å². The third kappa shape index (κ3) is 4.09. The average Bonchev–Trinajstić information content (AvgIpc) is 3.04. The Bertz CT molecular complexity index is 969. The molecule has 0 bridgehead atoms. The van der Waals surface area contributed by atoms with E-state index in [0.717, 1.165) is 64.2 Å². The van der Waals surface area contributed by atoms with E-state index in [0.29, 0.717) is 5.92 Å². The first-order chi connectivity index (χ1) is 16.7. The van der Waals surface area contributed by atoms with Gasteiger partial charge in [0.15, 0.2) is 0 Å². The molecule has 0 unspecified atom stereocenters. The van der Waals surface area contributed by atoms with E-state index in [-0.39, 0.29) is 45.6 Å². The fraction of sp³-hybridized carbons (Fsp3) is 0.812. The maximum atomic E-state index is 12.5. The lowest BCUT2D eigenvalue weighted by molar-refractivity contribution is -0.167. The summed E-state index contributed by atoms with van der Waals surface area (Å²) in [5.74, 6) is -0.291. The predicted molar refractivity (Wildman–Crippen MR) is 144 cm³/mol. The Hall–Kier alpha value is -1.58. The molecule has 4 rings (SSSR count). The molecule has 0 amide bonds. The summed E-state index contributed by atoms with van der Waals surface area (Å²) in [6.07, 6.45) is 12.4. The lowest BCUT2D eigenvalue weighted by Crippen LogP contribution is -2.56. The zero-order valence-corrected chi connectivity index (χ0v) is 24.1. The van der Waals surface area contributed by atoms with Crippen molar-refractivity contribution >= 4 is 11.9 Å². The van der Waals surface area contributed by atoms with Gasteiger partial charge in [0.1, 0.15) is 6.10 Å². The van der Waals surface area contributed by atoms with Gasteiger partial charge in [-0.15, -0.1) is 0 Å². The van der Waals surface area contributed by atoms with Crippen LogP contribution in [0.2, 0.25) is 0 Å². The van der Waals surface area contributed by atoms with Crippen molar-refractivity contribution in [1.29, 1.82) is 0 Å². The van der Waals surface area contributed by atoms with Gasteiger partial charge in [-0.05, 0) is 106 Å². The van der Waals surface area contributed by atoms with Crippen molar-refractivity contribution in [2.75, 3.05) is 0 Å². The van der Waals surface area contributed by atoms with Crippen molar-refractivity contribution in [2.24, 2.45) is 39.4 Å². The van der Waals surface area contributed by atoms with Gasteiger partial charge in [0.25, 0.3) is 0 Å². The zero-order valence-electron chi connectivity index (χ0n) is 24.1. The number of esters is 1. The van der Waals surface area contributed by atoms with E-state index >= 15 is 0 Å². The highest BCUT2D eigenvalue weighted by molar-refractivity contribution is 5.70. The summed E-state index contributed by atoms with van der Waals surface area (Å²) in [5.41, 5.74) is 4.85. The van der Waals surface area contributed by atoms with Crippen LogP contribution >= 0.6 is 0 Å². The quantitative estimate of drug-likeness (QED) is 0.297. The minimum absolute atomic E-state index is 0.00680. The van der Waals surface area contributed by atoms with Gasteiger partial charge in [-0.3, -0.25) is 9.59 Å². The van der Waals surface area contributed by atoms with Crippen LogP contribution in [0.25, 0.3) is 0 Å². The second kappa shape index (κ2) is 9.31. The van der Waals surface area contributed by atoms with Crippen molar-refractivity contribution in [3.8, 4) is 0 Å². The van der Waals surface area contributed by atoms with E-state index in [1.165, 1.54) is 12.5 Å². The first-order valence-electron chi connectivity index (χ1n) is 14.4. The van der Waals surface area contributed by atoms with Crippen LogP contribution < -0.4 is 0 Å². The van der Waals surface area contributed by atoms with Crippen molar-refractivity contribution in [3.63, 3.8) is 0 Å². The van der Waals surface area contributed by atoms with E-state index in [1.54, 1.807) is 11.1 Å². The standard InChI is InChI=1S/C32H50O4/c1-20(2)10-9-11-22(28(34)35)23-14-18-32(8)25-12-13-26-29(4,5)27(36-21(3)33)16-17-30(26,6)24(25)15-19-31(23,32)7/h10,22-23,26-27H,9,11-19H2,1-8H3,(H,34,35)/t22-,23+,26-,27-,30+,31+,32-/m0/s1. The number of rotatable bonds is 6. The topological polar surface area (TPSA) is 63.6 Å². The Labute approximate surface area is 219 Å². The summed E-state index contributed by atoms with van der Waals surface area (Å²) in [4.78, 5) is 24.3. The molecule has 36 heavy (non-hydrogen) atoms. The molecule has 202 valence electrons. The SMILES string of the molecule is CC(=O)O[C@H]1CC[C@]2(C)C3=C(CC[C@H]2C1(C)C)[C@]1(C)CC[C@H]([C@H](CCC=C(C)C)C(=O)O)[C@@]1(C)CC3. The molecule has 4 nitrogen and oxygen atoms in total. The number of hydrogen-bond donors (Lipinski definition) is 1. The predicted octanol–water partition coefficient (Wildman–Crippen LogP) is 8.11. The Balaban J connectivity index is 1.67. The second-order valence-corrected chi connectivity index (χ2v) is 14.1. The molecule has 1 N–H and O–H groups in total. The normalized spacial score (nSPS) is 39.9. The van der Waals surface area contributed by atoms with Crippen molar-refractivity contribution in [3.05, 3.63) is 22.8 Å². The summed E-state index contributed by atoms with van der Waals surface area (Å²) in [5, 5.41) is 10.3. The Morgan fingerprint density at radius 2 is 1.67 bits per heavy atom. The van der Waals surface area contributed by atoms with E-state index < -0.39 is 5.97 Å². The van der Waals surface area contributed by atoms with E-state index in [1.807, 2.05) is 0 Å². The first-order valence-corrected chi connectivity index (χ1v) is 14.4. The number of ether oxygens (including phenoxy) is 1. The molecule has 0 aromatic heterocycles. The number of allylic oxidation sites excluding steroid dienone is 4. The molecule has 4 aliphatic carbocycles. The molecule has 0 aliphatic heterocycles. The Morgan fingerprint density at radius 3 is 2.28 bits per heavy atom. The van der Waals surface area contributed by atoms with Crippen LogP contribution in [0.4, 0.5) is 0 Å². The molecule has 2 saturated carbocycles. The van der Waals surface area contributed by atoms with Gasteiger partial charge in [0.05, 0.1) is 5.92 Å². The second-order valence-electron chi connectivity index (χ2n) is 14.1. The van der Waals surface area contributed by atoms with Crippen molar-refractivity contribution in [1.82, 2.24) is 0 Å². The molecule has 0 radical (unpaired) electrons. The molecule has 0 saturated heterocycles. The number of carboxylic acids is 1. The number of carbonyl (C=O) groups excluding carboxylic acids is 1. The van der Waals surface area contributed by atoms with Gasteiger partial charge in [0.2, 0.25) is 0 Å². The van der Waals surface area contributed by atoms with E-state index in [2.05, 4.69) is 54.5 Å². The molecule has 0 aromatic rings. The van der Waals surface area contributed by atoms with Crippen LogP contribution in [0, 0.1) is 39.4 Å². The third-order valence-corrected chi connectivity index (χ3v) is 11.9. The fourth-order valence-corrected chi connectivity index (χ4v) is 9.81. The molecule has 0 spiro atoms. The molecule has 0 aromatic carbocycles. The minimum atomic E-state index is -0.603. The molecule has 0 heterocycles. The molecule has 4 aliphatic rings. The number of fused-ring (bicyclic) bond motifs is 4. The maximum Gasteiger partial charge on any atom is 0.306 e. The first kappa shape index (κ1) is 27.5. The lowest BCUT2D eigenvalue weighted by atomic mass is 9.43. The Morgan fingerprint density at radius 1 is 0.972 bits per heavy atom. The smallest absolute Gasteiger partial charge is 0.306 e. The number of carboxylic acid groups (broad SMARTS) is 1. The number of carbonyl (C=O) groups is 2. The summed E-state index contributed by atoms with van der Waals surface area (Å²) in [6, 6.07) is 0. The average molecular weight is 499 g/mol. The van der Waals surface area contributed by atoms with Gasteiger partial charge in [-0.1, -0.05) is 57.4 Å². The van der Waals surface area contributed by atoms with Crippen molar-refractivity contribution < 1.29 is 19.4 Å². The molecular weight excluding hydrogens is 448 g/mol. The fourth-order valence-electron chi connectivity index (χ4n) is 9.81. The van der Waals surface area contributed by atoms with Crippen LogP contribution in [0.1, 0.15) is 120 Å². The maximum absolute atomic E-state index is 12.5. The van der Waals surface area contributed by atoms with Crippen LogP contribution in [0.5, 0.6) is 0 Å². The highest BCUT2D eigenvalue weighted by atomic mass is 16.5. The van der Waals surface area contributed by atoms with Gasteiger partial charge in [-0.25, -0.2) is 0 Å². The monoisotopic (exact) mass is 498 g/mol. The summed E-state index contributed by atoms with van der Waals surface area (Å²) < 4.78 is 5.84. The molecule has 4 heteroatoms. The van der Waals surface area contributed by atoms with Gasteiger partial charge in [-0.2, -0.15) is 0 Å². The summed E-state index contributed by atoms with van der Waals surface area (Å²) >= 11 is 0. The lowest BCUT2D eigenvalue weighted by Gasteiger charge is -2.62. The van der Waals surface area contributed by atoms with Crippen LogP contribution in [0.3, 0.4) is 0 Å². The molecule has 2 fully saturated rings. The third-order valence-electron chi connectivity index (χ3n) is 11.9. The van der Waals surface area contributed by atoms with E-state index in [4.69, 9.17) is 4.74 Å². The van der Waals surface area contributed by atoms with Gasteiger partial charge >= 0.3 is 11.9 Å².